The minimum absolute atomic E-state index is 0. The highest BCUT2D eigenvalue weighted by molar-refractivity contribution is 7.18. The van der Waals surface area contributed by atoms with Crippen LogP contribution in [0.15, 0.2) is 11.1 Å². The molecule has 8 heteroatoms. The molecule has 6 nitrogen and oxygen atoms in total. The van der Waals surface area contributed by atoms with E-state index in [1.165, 1.54) is 22.2 Å². The molecule has 0 spiro atoms. The second kappa shape index (κ2) is 8.09. The van der Waals surface area contributed by atoms with Gasteiger partial charge in [0.2, 0.25) is 5.91 Å². The molecule has 2 N–H and O–H groups in total. The molecular formula is C16H23ClN4O2S. The summed E-state index contributed by atoms with van der Waals surface area (Å²) in [5, 5.41) is 6.90. The standard InChI is InChI=1S/C16H22N4O2S.ClH/c1-10-11(2)23-15-14(10)16(22)20(9-19-15)8-13(21)18-7-12-4-3-5-17-6-12;/h9,12,17H,3-8H2,1-2H3,(H,18,21);1H. The number of nitrogens with zero attached hydrogens (tertiary/aromatic N) is 2. The maximum Gasteiger partial charge on any atom is 0.262 e. The Morgan fingerprint density at radius 2 is 2.29 bits per heavy atom. The van der Waals surface area contributed by atoms with Gasteiger partial charge in [-0.2, -0.15) is 0 Å². The molecule has 3 rings (SSSR count). The van der Waals surface area contributed by atoms with E-state index in [0.29, 0.717) is 17.8 Å². The summed E-state index contributed by atoms with van der Waals surface area (Å²) in [5.74, 6) is 0.343. The monoisotopic (exact) mass is 370 g/mol. The number of aromatic nitrogens is 2. The van der Waals surface area contributed by atoms with Gasteiger partial charge in [0.1, 0.15) is 11.4 Å². The zero-order valence-electron chi connectivity index (χ0n) is 13.9. The van der Waals surface area contributed by atoms with Gasteiger partial charge in [-0.15, -0.1) is 23.7 Å². The van der Waals surface area contributed by atoms with Crippen LogP contribution in [0.2, 0.25) is 0 Å². The lowest BCUT2D eigenvalue weighted by molar-refractivity contribution is -0.121. The van der Waals surface area contributed by atoms with Crippen molar-refractivity contribution in [1.82, 2.24) is 20.2 Å². The summed E-state index contributed by atoms with van der Waals surface area (Å²) >= 11 is 1.52. The minimum atomic E-state index is -0.136. The number of nitrogens with one attached hydrogen (secondary N) is 2. The molecule has 1 aliphatic rings. The zero-order chi connectivity index (χ0) is 16.4. The lowest BCUT2D eigenvalue weighted by Gasteiger charge is -2.22. The van der Waals surface area contributed by atoms with E-state index in [2.05, 4.69) is 15.6 Å². The molecule has 1 aliphatic heterocycles. The predicted octanol–water partition coefficient (Wildman–Crippen LogP) is 1.61. The van der Waals surface area contributed by atoms with E-state index >= 15 is 0 Å². The van der Waals surface area contributed by atoms with Crippen molar-refractivity contribution in [2.24, 2.45) is 5.92 Å². The van der Waals surface area contributed by atoms with Gasteiger partial charge >= 0.3 is 0 Å². The topological polar surface area (TPSA) is 76.0 Å². The van der Waals surface area contributed by atoms with Gasteiger partial charge in [-0.1, -0.05) is 0 Å². The van der Waals surface area contributed by atoms with E-state index in [-0.39, 0.29) is 30.4 Å². The molecule has 1 unspecified atom stereocenters. The molecule has 1 fully saturated rings. The largest absolute Gasteiger partial charge is 0.354 e. The molecule has 24 heavy (non-hydrogen) atoms. The average molecular weight is 371 g/mol. The van der Waals surface area contributed by atoms with Crippen molar-refractivity contribution >= 4 is 39.9 Å². The molecule has 0 aliphatic carbocycles. The van der Waals surface area contributed by atoms with Crippen molar-refractivity contribution in [3.8, 4) is 0 Å². The molecule has 3 heterocycles. The maximum atomic E-state index is 12.5. The van der Waals surface area contributed by atoms with Crippen LogP contribution in [0.3, 0.4) is 0 Å². The first-order valence-corrected chi connectivity index (χ1v) is 8.80. The SMILES string of the molecule is Cc1sc2ncn(CC(=O)NCC3CCCNC3)c(=O)c2c1C.Cl. The lowest BCUT2D eigenvalue weighted by Crippen LogP contribution is -2.40. The molecule has 0 saturated carbocycles. The van der Waals surface area contributed by atoms with Crippen LogP contribution in [0.5, 0.6) is 0 Å². The highest BCUT2D eigenvalue weighted by Crippen LogP contribution is 2.25. The van der Waals surface area contributed by atoms with Gasteiger partial charge < -0.3 is 10.6 Å². The van der Waals surface area contributed by atoms with Crippen LogP contribution >= 0.6 is 23.7 Å². The van der Waals surface area contributed by atoms with Gasteiger partial charge in [0.05, 0.1) is 11.7 Å². The van der Waals surface area contributed by atoms with Crippen molar-refractivity contribution < 1.29 is 4.79 Å². The average Bonchev–Trinajstić information content (AvgIpc) is 2.84. The Morgan fingerprint density at radius 1 is 1.50 bits per heavy atom. The number of fused-ring (bicyclic) bond motifs is 1. The normalized spacial score (nSPS) is 17.5. The fourth-order valence-electron chi connectivity index (χ4n) is 2.95. The van der Waals surface area contributed by atoms with E-state index in [0.717, 1.165) is 41.2 Å². The number of halogens is 1. The van der Waals surface area contributed by atoms with E-state index < -0.39 is 0 Å². The van der Waals surface area contributed by atoms with E-state index in [1.807, 2.05) is 13.8 Å². The van der Waals surface area contributed by atoms with Crippen LogP contribution in [0, 0.1) is 19.8 Å². The van der Waals surface area contributed by atoms with Crippen molar-refractivity contribution in [2.75, 3.05) is 19.6 Å². The van der Waals surface area contributed by atoms with Crippen LogP contribution in [-0.4, -0.2) is 35.1 Å². The second-order valence-electron chi connectivity index (χ2n) is 6.16. The highest BCUT2D eigenvalue weighted by Gasteiger charge is 2.16. The summed E-state index contributed by atoms with van der Waals surface area (Å²) in [6.07, 6.45) is 3.76. The van der Waals surface area contributed by atoms with Crippen molar-refractivity contribution in [3.63, 3.8) is 0 Å². The Labute approximate surface area is 151 Å². The smallest absolute Gasteiger partial charge is 0.262 e. The van der Waals surface area contributed by atoms with E-state index in [4.69, 9.17) is 0 Å². The molecule has 132 valence electrons. The molecule has 1 amide bonds. The number of carbonyl (C=O) groups excluding carboxylic acids is 1. The Morgan fingerprint density at radius 3 is 3.00 bits per heavy atom. The third-order valence-electron chi connectivity index (χ3n) is 4.46. The molecule has 2 aromatic heterocycles. The van der Waals surface area contributed by atoms with Gasteiger partial charge in [-0.25, -0.2) is 4.98 Å². The number of hydrogen-bond donors (Lipinski definition) is 2. The molecule has 0 radical (unpaired) electrons. The number of carbonyl (C=O) groups is 1. The summed E-state index contributed by atoms with van der Waals surface area (Å²) in [6.45, 7) is 6.60. The van der Waals surface area contributed by atoms with Crippen LogP contribution in [0.4, 0.5) is 0 Å². The number of thiophene rings is 1. The summed E-state index contributed by atoms with van der Waals surface area (Å²) in [4.78, 5) is 30.8. The van der Waals surface area contributed by atoms with Crippen LogP contribution in [0.25, 0.3) is 10.2 Å². The Bertz CT molecular complexity index is 780. The summed E-state index contributed by atoms with van der Waals surface area (Å²) in [7, 11) is 0. The summed E-state index contributed by atoms with van der Waals surface area (Å²) in [6, 6.07) is 0. The molecular weight excluding hydrogens is 348 g/mol. The maximum absolute atomic E-state index is 12.5. The third kappa shape index (κ3) is 3.96. The fourth-order valence-corrected chi connectivity index (χ4v) is 3.94. The predicted molar refractivity (Wildman–Crippen MR) is 99.2 cm³/mol. The van der Waals surface area contributed by atoms with Gasteiger partial charge in [0.25, 0.3) is 5.56 Å². The minimum Gasteiger partial charge on any atom is -0.354 e. The number of aryl methyl sites for hydroxylation is 2. The Hall–Kier alpha value is -1.44. The number of rotatable bonds is 4. The van der Waals surface area contributed by atoms with Crippen LogP contribution in [0.1, 0.15) is 23.3 Å². The number of amides is 1. The van der Waals surface area contributed by atoms with Crippen molar-refractivity contribution in [1.29, 1.82) is 0 Å². The van der Waals surface area contributed by atoms with Crippen LogP contribution < -0.4 is 16.2 Å². The first-order chi connectivity index (χ1) is 11.1. The van der Waals surface area contributed by atoms with Gasteiger partial charge in [-0.3, -0.25) is 14.2 Å². The van der Waals surface area contributed by atoms with Crippen LogP contribution in [-0.2, 0) is 11.3 Å². The van der Waals surface area contributed by atoms with E-state index in [1.54, 1.807) is 0 Å². The first kappa shape index (κ1) is 18.9. The fraction of sp³-hybridized carbons (Fsp3) is 0.562. The lowest BCUT2D eigenvalue weighted by atomic mass is 10.00. The third-order valence-corrected chi connectivity index (χ3v) is 5.57. The molecule has 0 bridgehead atoms. The molecule has 1 atom stereocenters. The second-order valence-corrected chi connectivity index (χ2v) is 7.36. The van der Waals surface area contributed by atoms with Gasteiger partial charge in [0, 0.05) is 11.4 Å². The Kier molecular flexibility index (Phi) is 6.37. The van der Waals surface area contributed by atoms with Gasteiger partial charge in [0.15, 0.2) is 0 Å². The van der Waals surface area contributed by atoms with Crippen molar-refractivity contribution in [3.05, 3.63) is 27.1 Å². The molecule has 2 aromatic rings. The quantitative estimate of drug-likeness (QED) is 0.857. The number of piperidine rings is 1. The summed E-state index contributed by atoms with van der Waals surface area (Å²) in [5.41, 5.74) is 0.830. The van der Waals surface area contributed by atoms with Crippen molar-refractivity contribution in [2.45, 2.75) is 33.2 Å². The first-order valence-electron chi connectivity index (χ1n) is 7.99. The summed E-state index contributed by atoms with van der Waals surface area (Å²) < 4.78 is 1.40. The molecule has 0 aromatic carbocycles. The highest BCUT2D eigenvalue weighted by atomic mass is 35.5. The Balaban J connectivity index is 0.00000208. The zero-order valence-corrected chi connectivity index (χ0v) is 15.6. The van der Waals surface area contributed by atoms with E-state index in [9.17, 15) is 9.59 Å². The molecule has 1 saturated heterocycles. The van der Waals surface area contributed by atoms with Gasteiger partial charge in [-0.05, 0) is 51.3 Å². The number of hydrogen-bond acceptors (Lipinski definition) is 5.